The Hall–Kier alpha value is -7.27. The van der Waals surface area contributed by atoms with Gasteiger partial charge in [-0.25, -0.2) is 0 Å². The number of ketones is 2. The van der Waals surface area contributed by atoms with Crippen LogP contribution in [0.3, 0.4) is 0 Å². The predicted octanol–water partition coefficient (Wildman–Crippen LogP) is 7.73. The van der Waals surface area contributed by atoms with Gasteiger partial charge in [0.25, 0.3) is 0 Å². The van der Waals surface area contributed by atoms with Gasteiger partial charge in [-0.1, -0.05) is 221 Å². The van der Waals surface area contributed by atoms with Crippen LogP contribution in [0.4, 0.5) is 0 Å². The molecule has 11 rings (SSSR count). The number of fused-ring (bicyclic) bond motifs is 6. The van der Waals surface area contributed by atoms with Crippen LogP contribution < -0.4 is 40.9 Å². The maximum atomic E-state index is 12.5. The Balaban J connectivity index is 0.000000185. The van der Waals surface area contributed by atoms with Crippen molar-refractivity contribution in [3.63, 3.8) is 0 Å². The zero-order valence-electron chi connectivity index (χ0n) is 39.6. The molecule has 10 nitrogen and oxygen atoms in total. The number of hydrogen-bond donors (Lipinski definition) is 0. The molecule has 0 aliphatic heterocycles. The molecule has 12 heteroatoms. The Morgan fingerprint density at radius 1 is 0.278 bits per heavy atom. The second-order valence-electron chi connectivity index (χ2n) is 16.8. The van der Waals surface area contributed by atoms with E-state index in [1.807, 2.05) is 97.1 Å². The molecule has 1 aliphatic carbocycles. The summed E-state index contributed by atoms with van der Waals surface area (Å²) in [4.78, 5) is 24.3. The summed E-state index contributed by atoms with van der Waals surface area (Å²) in [5, 5.41) is 99.5. The van der Waals surface area contributed by atoms with Crippen LogP contribution in [0.1, 0.15) is 59.5 Å². The van der Waals surface area contributed by atoms with E-state index in [0.717, 1.165) is 43.1 Å². The number of benzene rings is 10. The molecule has 0 saturated carbocycles. The molecule has 0 bridgehead atoms. The molecule has 10 aromatic rings. The molecule has 0 saturated heterocycles. The van der Waals surface area contributed by atoms with Crippen molar-refractivity contribution >= 4 is 54.7 Å². The molecular formula is C60H44O10Ti2. The van der Waals surface area contributed by atoms with Gasteiger partial charge >= 0.3 is 43.4 Å². The second kappa shape index (κ2) is 24.7. The Kier molecular flexibility index (Phi) is 19.1. The molecule has 0 fully saturated rings. The van der Waals surface area contributed by atoms with E-state index in [-0.39, 0.29) is 88.7 Å². The van der Waals surface area contributed by atoms with Crippen molar-refractivity contribution in [2.75, 3.05) is 0 Å². The van der Waals surface area contributed by atoms with E-state index >= 15 is 0 Å². The molecule has 0 heterocycles. The third kappa shape index (κ3) is 12.1. The van der Waals surface area contributed by atoms with Crippen molar-refractivity contribution < 1.29 is 93.9 Å². The minimum atomic E-state index is -0.657. The van der Waals surface area contributed by atoms with Gasteiger partial charge in [0.05, 0.1) is 0 Å². The third-order valence-corrected chi connectivity index (χ3v) is 11.1. The molecule has 1 aliphatic rings. The standard InChI is InChI=1S/2C20H14O2.C14H8O4.2C3H7O.2Ti/c2*21-17-11-9-13-5-1-3-7-15(13)19(17)20-16-8-4-2-6-14(16)10-12-18(20)22;15-9-5-1-3-7-11(9)14(18)12-8(13(7)17)4-2-6-10(12)16;2*1-3(2)4;;/h2*1-12,21-22H;1-6,15-16H;2*3H,1-2H3;;/q;;;2*-1;2*+4/p-6. The summed E-state index contributed by atoms with van der Waals surface area (Å²) >= 11 is 0. The van der Waals surface area contributed by atoms with E-state index in [9.17, 15) is 50.4 Å². The van der Waals surface area contributed by atoms with E-state index in [0.29, 0.717) is 22.3 Å². The molecular weight excluding hydrogens is 976 g/mol. The number of hydrogen-bond acceptors (Lipinski definition) is 10. The van der Waals surface area contributed by atoms with Crippen LogP contribution in [0.2, 0.25) is 0 Å². The first-order chi connectivity index (χ1) is 33.6. The monoisotopic (exact) mass is 1020 g/mol. The zero-order chi connectivity index (χ0) is 50.2. The maximum Gasteiger partial charge on any atom is 4.00 e. The van der Waals surface area contributed by atoms with E-state index in [1.165, 1.54) is 36.4 Å². The van der Waals surface area contributed by atoms with Crippen molar-refractivity contribution in [1.82, 2.24) is 0 Å². The average molecular weight is 1020 g/mol. The summed E-state index contributed by atoms with van der Waals surface area (Å²) in [7, 11) is 0. The SMILES string of the molecule is CC(C)[O-].CC(C)[O-].O=C1c2cccc([O-])c2C(=O)c2c([O-])cccc21.[O-]c1ccc2ccccc2c1-c1c([O-])ccc2ccccc12.[O-]c1ccc2ccccc2c1-c1c([O-])ccc2ccccc12.[Ti+4].[Ti+4]. The van der Waals surface area contributed by atoms with E-state index in [1.54, 1.807) is 76.2 Å². The molecule has 10 aromatic carbocycles. The molecule has 352 valence electrons. The smallest absolute Gasteiger partial charge is 0.872 e. The number of rotatable bonds is 2. The van der Waals surface area contributed by atoms with Gasteiger partial charge in [-0.15, -0.1) is 35.2 Å². The van der Waals surface area contributed by atoms with Gasteiger partial charge < -0.3 is 40.9 Å². The van der Waals surface area contributed by atoms with Gasteiger partial charge in [0.15, 0.2) is 11.6 Å². The van der Waals surface area contributed by atoms with Gasteiger partial charge in [-0.3, -0.25) is 9.59 Å². The summed E-state index contributed by atoms with van der Waals surface area (Å²) < 4.78 is 0. The Morgan fingerprint density at radius 3 is 0.750 bits per heavy atom. The molecule has 0 N–H and O–H groups in total. The van der Waals surface area contributed by atoms with Crippen LogP contribution in [-0.2, 0) is 43.4 Å². The number of carbonyl (C=O) groups is 2. The van der Waals surface area contributed by atoms with Crippen LogP contribution >= 0.6 is 0 Å². The zero-order valence-corrected chi connectivity index (χ0v) is 42.7. The first kappa shape index (κ1) is 55.7. The molecule has 0 radical (unpaired) electrons. The third-order valence-electron chi connectivity index (χ3n) is 11.1. The van der Waals surface area contributed by atoms with Gasteiger partial charge in [0.2, 0.25) is 0 Å². The first-order valence-corrected chi connectivity index (χ1v) is 22.4. The van der Waals surface area contributed by atoms with Crippen molar-refractivity contribution in [2.24, 2.45) is 0 Å². The van der Waals surface area contributed by atoms with Crippen molar-refractivity contribution in [3.8, 4) is 56.8 Å². The quantitative estimate of drug-likeness (QED) is 0.153. The summed E-state index contributed by atoms with van der Waals surface area (Å²) in [5.74, 6) is -2.64. The van der Waals surface area contributed by atoms with Crippen LogP contribution in [-0.4, -0.2) is 23.8 Å². The summed E-state index contributed by atoms with van der Waals surface area (Å²) in [6, 6.07) is 52.2. The molecule has 0 atom stereocenters. The van der Waals surface area contributed by atoms with Gasteiger partial charge in [0, 0.05) is 22.3 Å². The van der Waals surface area contributed by atoms with Gasteiger partial charge in [-0.2, -0.15) is 0 Å². The molecule has 0 unspecified atom stereocenters. The van der Waals surface area contributed by atoms with Crippen molar-refractivity contribution in [3.05, 3.63) is 204 Å². The molecule has 0 spiro atoms. The second-order valence-corrected chi connectivity index (χ2v) is 16.8. The molecule has 72 heavy (non-hydrogen) atoms. The molecule has 0 amide bonds. The summed E-state index contributed by atoms with van der Waals surface area (Å²) in [6.07, 6.45) is -0.833. The fraction of sp³-hybridized carbons (Fsp3) is 0.100. The number of carbonyl (C=O) groups excluding carboxylic acids is 2. The van der Waals surface area contributed by atoms with E-state index < -0.39 is 35.3 Å². The summed E-state index contributed by atoms with van der Waals surface area (Å²) in [6.45, 7) is 6.44. The van der Waals surface area contributed by atoms with E-state index in [4.69, 9.17) is 0 Å². The molecule has 0 aromatic heterocycles. The Bertz CT molecular complexity index is 3150. The van der Waals surface area contributed by atoms with Crippen LogP contribution in [0.15, 0.2) is 182 Å². The Labute approximate surface area is 446 Å². The fourth-order valence-corrected chi connectivity index (χ4v) is 8.22. The summed E-state index contributed by atoms with van der Waals surface area (Å²) in [5.41, 5.74) is 1.76. The largest absolute Gasteiger partial charge is 4.00 e. The predicted molar refractivity (Wildman–Crippen MR) is 260 cm³/mol. The van der Waals surface area contributed by atoms with Gasteiger partial charge in [-0.05, 0) is 65.3 Å². The fourth-order valence-electron chi connectivity index (χ4n) is 8.22. The minimum Gasteiger partial charge on any atom is -0.872 e. The van der Waals surface area contributed by atoms with E-state index in [2.05, 4.69) is 0 Å². The van der Waals surface area contributed by atoms with Crippen molar-refractivity contribution in [1.29, 1.82) is 0 Å². The van der Waals surface area contributed by atoms with Crippen molar-refractivity contribution in [2.45, 2.75) is 39.9 Å². The Morgan fingerprint density at radius 2 is 0.500 bits per heavy atom. The minimum absolute atomic E-state index is 0. The van der Waals surface area contributed by atoms with Crippen LogP contribution in [0.25, 0.3) is 65.3 Å². The van der Waals surface area contributed by atoms with Gasteiger partial charge in [0.1, 0.15) is 0 Å². The van der Waals surface area contributed by atoms with Crippen LogP contribution in [0.5, 0.6) is 34.5 Å². The average Bonchev–Trinajstić information content (AvgIpc) is 3.34. The topological polar surface area (TPSA) is 219 Å². The van der Waals surface area contributed by atoms with Crippen LogP contribution in [0, 0.1) is 0 Å². The normalized spacial score (nSPS) is 11.1. The first-order valence-electron chi connectivity index (χ1n) is 22.4. The maximum absolute atomic E-state index is 12.5.